The molecule has 1 unspecified atom stereocenters. The van der Waals surface area contributed by atoms with E-state index in [1.54, 1.807) is 0 Å². The first-order valence-electron chi connectivity index (χ1n) is 7.86. The first-order valence-corrected chi connectivity index (χ1v) is 7.86. The van der Waals surface area contributed by atoms with Crippen LogP contribution in [-0.4, -0.2) is 24.0 Å². The first-order chi connectivity index (χ1) is 9.35. The van der Waals surface area contributed by atoms with E-state index in [0.717, 1.165) is 25.0 Å². The van der Waals surface area contributed by atoms with Gasteiger partial charge in [-0.1, -0.05) is 13.3 Å². The molecule has 106 valence electrons. The summed E-state index contributed by atoms with van der Waals surface area (Å²) in [5.74, 6) is 2.08. The molecule has 2 fully saturated rings. The highest BCUT2D eigenvalue weighted by atomic mass is 16.3. The van der Waals surface area contributed by atoms with Crippen LogP contribution in [0.25, 0.3) is 0 Å². The third-order valence-electron chi connectivity index (χ3n) is 4.43. The monoisotopic (exact) mass is 262 g/mol. The summed E-state index contributed by atoms with van der Waals surface area (Å²) >= 11 is 0. The fourth-order valence-corrected chi connectivity index (χ4v) is 3.11. The molecule has 3 heteroatoms. The number of hydrogen-bond donors (Lipinski definition) is 1. The van der Waals surface area contributed by atoms with Crippen molar-refractivity contribution >= 4 is 0 Å². The SMILES string of the molecule is CCCC1CCN(Cc2occc2CNC2CC2)C1. The van der Waals surface area contributed by atoms with Gasteiger partial charge in [-0.15, -0.1) is 0 Å². The Morgan fingerprint density at radius 1 is 1.37 bits per heavy atom. The fourth-order valence-electron chi connectivity index (χ4n) is 3.11. The average Bonchev–Trinajstić information content (AvgIpc) is 2.97. The van der Waals surface area contributed by atoms with E-state index in [1.807, 2.05) is 6.26 Å². The highest BCUT2D eigenvalue weighted by molar-refractivity contribution is 5.17. The fraction of sp³-hybridized carbons (Fsp3) is 0.750. The van der Waals surface area contributed by atoms with E-state index in [9.17, 15) is 0 Å². The van der Waals surface area contributed by atoms with Gasteiger partial charge in [0, 0.05) is 24.7 Å². The molecule has 0 aromatic carbocycles. The number of nitrogens with zero attached hydrogens (tertiary/aromatic N) is 1. The van der Waals surface area contributed by atoms with Gasteiger partial charge in [0.25, 0.3) is 0 Å². The summed E-state index contributed by atoms with van der Waals surface area (Å²) in [6.45, 7) is 6.75. The minimum absolute atomic E-state index is 0.767. The lowest BCUT2D eigenvalue weighted by molar-refractivity contribution is 0.282. The highest BCUT2D eigenvalue weighted by Crippen LogP contribution is 2.24. The van der Waals surface area contributed by atoms with Crippen LogP contribution in [0.4, 0.5) is 0 Å². The van der Waals surface area contributed by atoms with Crippen molar-refractivity contribution in [3.63, 3.8) is 0 Å². The average molecular weight is 262 g/mol. The Labute approximate surface area is 116 Å². The maximum Gasteiger partial charge on any atom is 0.122 e. The molecule has 0 radical (unpaired) electrons. The molecule has 0 spiro atoms. The zero-order valence-electron chi connectivity index (χ0n) is 12.0. The van der Waals surface area contributed by atoms with E-state index < -0.39 is 0 Å². The minimum Gasteiger partial charge on any atom is -0.468 e. The van der Waals surface area contributed by atoms with Gasteiger partial charge in [-0.25, -0.2) is 0 Å². The number of hydrogen-bond acceptors (Lipinski definition) is 3. The lowest BCUT2D eigenvalue weighted by atomic mass is 10.0. The number of nitrogens with one attached hydrogen (secondary N) is 1. The normalized spacial score (nSPS) is 24.2. The Morgan fingerprint density at radius 3 is 3.05 bits per heavy atom. The second-order valence-electron chi connectivity index (χ2n) is 6.20. The summed E-state index contributed by atoms with van der Waals surface area (Å²) in [4.78, 5) is 2.56. The van der Waals surface area contributed by atoms with Gasteiger partial charge < -0.3 is 9.73 Å². The molecule has 1 N–H and O–H groups in total. The van der Waals surface area contributed by atoms with Crippen molar-refractivity contribution in [1.82, 2.24) is 10.2 Å². The van der Waals surface area contributed by atoms with Crippen molar-refractivity contribution in [2.24, 2.45) is 5.92 Å². The maximum absolute atomic E-state index is 5.69. The summed E-state index contributed by atoms with van der Waals surface area (Å²) in [5, 5.41) is 3.57. The van der Waals surface area contributed by atoms with Crippen molar-refractivity contribution in [1.29, 1.82) is 0 Å². The molecule has 1 aliphatic carbocycles. The Kier molecular flexibility index (Phi) is 4.24. The summed E-state index contributed by atoms with van der Waals surface area (Å²) in [6.07, 6.45) is 8.60. The Morgan fingerprint density at radius 2 is 2.26 bits per heavy atom. The Bertz CT molecular complexity index is 397. The van der Waals surface area contributed by atoms with Crippen LogP contribution < -0.4 is 5.32 Å². The summed E-state index contributed by atoms with van der Waals surface area (Å²) in [5.41, 5.74) is 1.35. The van der Waals surface area contributed by atoms with E-state index in [4.69, 9.17) is 4.42 Å². The molecule has 3 rings (SSSR count). The molecule has 1 saturated heterocycles. The van der Waals surface area contributed by atoms with Crippen molar-refractivity contribution < 1.29 is 4.42 Å². The van der Waals surface area contributed by atoms with Crippen molar-refractivity contribution in [2.75, 3.05) is 13.1 Å². The van der Waals surface area contributed by atoms with Gasteiger partial charge in [0.15, 0.2) is 0 Å². The molecule has 3 nitrogen and oxygen atoms in total. The van der Waals surface area contributed by atoms with Gasteiger partial charge in [0.05, 0.1) is 12.8 Å². The predicted molar refractivity (Wildman–Crippen MR) is 76.9 cm³/mol. The zero-order chi connectivity index (χ0) is 13.1. The predicted octanol–water partition coefficient (Wildman–Crippen LogP) is 3.15. The van der Waals surface area contributed by atoms with E-state index in [0.29, 0.717) is 0 Å². The van der Waals surface area contributed by atoms with Crippen LogP contribution in [0.5, 0.6) is 0 Å². The number of likely N-dealkylation sites (tertiary alicyclic amines) is 1. The van der Waals surface area contributed by atoms with Crippen molar-refractivity contribution in [2.45, 2.75) is 58.2 Å². The third kappa shape index (κ3) is 3.61. The lowest BCUT2D eigenvalue weighted by Gasteiger charge is -2.15. The van der Waals surface area contributed by atoms with Crippen LogP contribution in [0.1, 0.15) is 50.4 Å². The topological polar surface area (TPSA) is 28.4 Å². The van der Waals surface area contributed by atoms with E-state index in [-0.39, 0.29) is 0 Å². The molecule has 1 aromatic rings. The van der Waals surface area contributed by atoms with Gasteiger partial charge in [0.2, 0.25) is 0 Å². The molecule has 1 saturated carbocycles. The van der Waals surface area contributed by atoms with Gasteiger partial charge in [0.1, 0.15) is 5.76 Å². The standard InChI is InChI=1S/C16H26N2O/c1-2-3-13-6-8-18(11-13)12-16-14(7-9-19-16)10-17-15-4-5-15/h7,9,13,15,17H,2-6,8,10-12H2,1H3. The quantitative estimate of drug-likeness (QED) is 0.818. The summed E-state index contributed by atoms with van der Waals surface area (Å²) < 4.78 is 5.69. The number of furan rings is 1. The molecule has 19 heavy (non-hydrogen) atoms. The van der Waals surface area contributed by atoms with Crippen molar-refractivity contribution in [3.05, 3.63) is 23.7 Å². The highest BCUT2D eigenvalue weighted by Gasteiger charge is 2.24. The van der Waals surface area contributed by atoms with Gasteiger partial charge in [-0.2, -0.15) is 0 Å². The van der Waals surface area contributed by atoms with E-state index >= 15 is 0 Å². The van der Waals surface area contributed by atoms with Crippen LogP contribution >= 0.6 is 0 Å². The molecular weight excluding hydrogens is 236 g/mol. The summed E-state index contributed by atoms with van der Waals surface area (Å²) in [6, 6.07) is 2.90. The molecule has 0 amide bonds. The summed E-state index contributed by atoms with van der Waals surface area (Å²) in [7, 11) is 0. The van der Waals surface area contributed by atoms with Gasteiger partial charge >= 0.3 is 0 Å². The molecule has 2 aliphatic rings. The van der Waals surface area contributed by atoms with Gasteiger partial charge in [-0.05, 0) is 44.2 Å². The Hall–Kier alpha value is -0.800. The maximum atomic E-state index is 5.69. The van der Waals surface area contributed by atoms with Crippen LogP contribution in [0.15, 0.2) is 16.7 Å². The Balaban J connectivity index is 1.50. The van der Waals surface area contributed by atoms with E-state index in [1.165, 1.54) is 56.5 Å². The van der Waals surface area contributed by atoms with Crippen LogP contribution in [0.3, 0.4) is 0 Å². The lowest BCUT2D eigenvalue weighted by Crippen LogP contribution is -2.22. The van der Waals surface area contributed by atoms with Crippen LogP contribution in [-0.2, 0) is 13.1 Å². The molecule has 2 heterocycles. The minimum atomic E-state index is 0.767. The van der Waals surface area contributed by atoms with Crippen LogP contribution in [0.2, 0.25) is 0 Å². The second-order valence-corrected chi connectivity index (χ2v) is 6.20. The molecule has 1 aromatic heterocycles. The zero-order valence-corrected chi connectivity index (χ0v) is 12.0. The van der Waals surface area contributed by atoms with E-state index in [2.05, 4.69) is 23.2 Å². The first kappa shape index (κ1) is 13.2. The molecule has 1 aliphatic heterocycles. The largest absolute Gasteiger partial charge is 0.468 e. The number of rotatable bonds is 7. The molecular formula is C16H26N2O. The smallest absolute Gasteiger partial charge is 0.122 e. The second kappa shape index (κ2) is 6.10. The molecule has 1 atom stereocenters. The molecule has 0 bridgehead atoms. The van der Waals surface area contributed by atoms with Crippen molar-refractivity contribution in [3.8, 4) is 0 Å². The van der Waals surface area contributed by atoms with Gasteiger partial charge in [-0.3, -0.25) is 4.90 Å². The van der Waals surface area contributed by atoms with Crippen LogP contribution in [0, 0.1) is 5.92 Å². The third-order valence-corrected chi connectivity index (χ3v) is 4.43.